The van der Waals surface area contributed by atoms with Gasteiger partial charge in [-0.15, -0.1) is 0 Å². The highest BCUT2D eigenvalue weighted by Gasteiger charge is 2.93. The molecule has 0 amide bonds. The zero-order valence-electron chi connectivity index (χ0n) is 11.6. The quantitative estimate of drug-likeness (QED) is 0.747. The zero-order valence-corrected chi connectivity index (χ0v) is 11.6. The number of methoxy groups -OCH3 is 2. The van der Waals surface area contributed by atoms with Gasteiger partial charge in [0.1, 0.15) is 0 Å². The van der Waals surface area contributed by atoms with Gasteiger partial charge in [-0.3, -0.25) is 0 Å². The number of ether oxygens (including phenoxy) is 2. The molecule has 0 heterocycles. The molecule has 100 valence electrons. The standard InChI is InChI=1S/C16H24O2/c1-17-11-13-5-3-7-15(13,9-13)12(18-2)16-8-4-6-14(11,16)10-16/h11-12H,3-10H2,1-2H3/t11?,12?,13-,14+,15+,16-. The smallest absolute Gasteiger partial charge is 0.0696 e. The van der Waals surface area contributed by atoms with Gasteiger partial charge in [-0.05, 0) is 38.5 Å². The van der Waals surface area contributed by atoms with E-state index in [1.807, 2.05) is 14.2 Å². The Hall–Kier alpha value is -0.0800. The molecule has 18 heavy (non-hydrogen) atoms. The molecule has 0 aromatic carbocycles. The monoisotopic (exact) mass is 248 g/mol. The van der Waals surface area contributed by atoms with Crippen LogP contribution in [0.25, 0.3) is 0 Å². The van der Waals surface area contributed by atoms with Gasteiger partial charge in [0.05, 0.1) is 12.2 Å². The van der Waals surface area contributed by atoms with Crippen LogP contribution in [0.1, 0.15) is 51.4 Å². The van der Waals surface area contributed by atoms with E-state index >= 15 is 0 Å². The van der Waals surface area contributed by atoms with E-state index in [0.717, 1.165) is 0 Å². The van der Waals surface area contributed by atoms with Crippen LogP contribution in [0.15, 0.2) is 0 Å². The van der Waals surface area contributed by atoms with E-state index in [9.17, 15) is 0 Å². The average Bonchev–Trinajstić information content (AvgIpc) is 3.08. The van der Waals surface area contributed by atoms with Gasteiger partial charge in [-0.2, -0.15) is 0 Å². The van der Waals surface area contributed by atoms with Crippen LogP contribution in [0.5, 0.6) is 0 Å². The molecule has 5 rings (SSSR count). The minimum atomic E-state index is 0.521. The Bertz CT molecular complexity index is 363. The summed E-state index contributed by atoms with van der Waals surface area (Å²) in [5, 5.41) is 0. The number of hydrogen-bond donors (Lipinski definition) is 0. The van der Waals surface area contributed by atoms with Crippen molar-refractivity contribution in [2.75, 3.05) is 14.2 Å². The summed E-state index contributed by atoms with van der Waals surface area (Å²) in [4.78, 5) is 0. The lowest BCUT2D eigenvalue weighted by Gasteiger charge is -2.45. The topological polar surface area (TPSA) is 18.5 Å². The molecule has 6 atom stereocenters. The highest BCUT2D eigenvalue weighted by Crippen LogP contribution is 2.94. The number of rotatable bonds is 2. The third kappa shape index (κ3) is 0.725. The summed E-state index contributed by atoms with van der Waals surface area (Å²) >= 11 is 0. The first-order chi connectivity index (χ1) is 8.71. The third-order valence-electron chi connectivity index (χ3n) is 7.97. The van der Waals surface area contributed by atoms with Crippen LogP contribution in [0.2, 0.25) is 0 Å². The van der Waals surface area contributed by atoms with Crippen molar-refractivity contribution in [2.24, 2.45) is 21.7 Å². The molecule has 0 saturated heterocycles. The second kappa shape index (κ2) is 2.69. The van der Waals surface area contributed by atoms with E-state index in [2.05, 4.69) is 0 Å². The van der Waals surface area contributed by atoms with E-state index in [1.54, 1.807) is 0 Å². The Balaban J connectivity index is 1.70. The molecular weight excluding hydrogens is 224 g/mol. The predicted octanol–water partition coefficient (Wildman–Crippen LogP) is 3.15. The minimum absolute atomic E-state index is 0.521. The van der Waals surface area contributed by atoms with E-state index in [-0.39, 0.29) is 0 Å². The van der Waals surface area contributed by atoms with Crippen molar-refractivity contribution < 1.29 is 9.47 Å². The summed E-state index contributed by atoms with van der Waals surface area (Å²) in [6.45, 7) is 0. The van der Waals surface area contributed by atoms with E-state index in [1.165, 1.54) is 51.4 Å². The first-order valence-electron chi connectivity index (χ1n) is 7.77. The highest BCUT2D eigenvalue weighted by molar-refractivity contribution is 5.41. The molecule has 5 saturated carbocycles. The maximum Gasteiger partial charge on any atom is 0.0696 e. The number of hydrogen-bond acceptors (Lipinski definition) is 2. The van der Waals surface area contributed by atoms with Crippen molar-refractivity contribution in [3.05, 3.63) is 0 Å². The predicted molar refractivity (Wildman–Crippen MR) is 68.3 cm³/mol. The van der Waals surface area contributed by atoms with Crippen molar-refractivity contribution in [2.45, 2.75) is 63.6 Å². The normalized spacial score (nSPS) is 67.0. The molecule has 2 nitrogen and oxygen atoms in total. The minimum Gasteiger partial charge on any atom is -0.380 e. The van der Waals surface area contributed by atoms with Crippen LogP contribution in [-0.2, 0) is 9.47 Å². The summed E-state index contributed by atoms with van der Waals surface area (Å²) in [6.07, 6.45) is 12.4. The van der Waals surface area contributed by atoms with Gasteiger partial charge in [0, 0.05) is 35.9 Å². The lowest BCUT2D eigenvalue weighted by Crippen LogP contribution is -2.50. The molecule has 0 aromatic heterocycles. The maximum atomic E-state index is 6.14. The van der Waals surface area contributed by atoms with Crippen LogP contribution in [0.4, 0.5) is 0 Å². The summed E-state index contributed by atoms with van der Waals surface area (Å²) < 4.78 is 12.3. The largest absolute Gasteiger partial charge is 0.380 e. The first-order valence-corrected chi connectivity index (χ1v) is 7.77. The molecule has 5 aliphatic carbocycles. The van der Waals surface area contributed by atoms with E-state index < -0.39 is 0 Å². The van der Waals surface area contributed by atoms with Gasteiger partial charge >= 0.3 is 0 Å². The molecule has 0 bridgehead atoms. The molecule has 2 unspecified atom stereocenters. The van der Waals surface area contributed by atoms with Crippen LogP contribution in [0.3, 0.4) is 0 Å². The fourth-order valence-electron chi connectivity index (χ4n) is 7.72. The molecule has 0 spiro atoms. The summed E-state index contributed by atoms with van der Waals surface area (Å²) in [7, 11) is 3.95. The molecule has 0 radical (unpaired) electrons. The van der Waals surface area contributed by atoms with Crippen LogP contribution >= 0.6 is 0 Å². The van der Waals surface area contributed by atoms with Crippen LogP contribution in [-0.4, -0.2) is 26.4 Å². The fourth-order valence-corrected chi connectivity index (χ4v) is 7.72. The summed E-state index contributed by atoms with van der Waals surface area (Å²) in [5.41, 5.74) is 2.08. The van der Waals surface area contributed by atoms with Crippen molar-refractivity contribution in [3.63, 3.8) is 0 Å². The average molecular weight is 248 g/mol. The van der Waals surface area contributed by atoms with Gasteiger partial charge in [0.15, 0.2) is 0 Å². The van der Waals surface area contributed by atoms with Crippen LogP contribution < -0.4 is 0 Å². The second-order valence-corrected chi connectivity index (χ2v) is 7.92. The highest BCUT2D eigenvalue weighted by atomic mass is 16.5. The maximum absolute atomic E-state index is 6.14. The van der Waals surface area contributed by atoms with Crippen molar-refractivity contribution in [1.29, 1.82) is 0 Å². The Kier molecular flexibility index (Phi) is 1.60. The SMILES string of the molecule is COC1[C@@]23CCC[C@@]2(C3)C(OC)[C@@]23CCC[C@@]12C3. The third-order valence-corrected chi connectivity index (χ3v) is 7.97. The Morgan fingerprint density at radius 2 is 1.00 bits per heavy atom. The van der Waals surface area contributed by atoms with Crippen molar-refractivity contribution >= 4 is 0 Å². The van der Waals surface area contributed by atoms with E-state index in [4.69, 9.17) is 9.47 Å². The molecule has 0 aromatic rings. The van der Waals surface area contributed by atoms with Crippen molar-refractivity contribution in [1.82, 2.24) is 0 Å². The zero-order chi connectivity index (χ0) is 12.2. The first kappa shape index (κ1) is 10.7. The van der Waals surface area contributed by atoms with Gasteiger partial charge in [-0.1, -0.05) is 12.8 Å². The van der Waals surface area contributed by atoms with E-state index in [0.29, 0.717) is 33.9 Å². The summed E-state index contributed by atoms with van der Waals surface area (Å²) in [6, 6.07) is 0. The molecule has 2 heteroatoms. The lowest BCUT2D eigenvalue weighted by atomic mass is 9.67. The summed E-state index contributed by atoms with van der Waals surface area (Å²) in [5.74, 6) is 0. The molecular formula is C16H24O2. The Morgan fingerprint density at radius 1 is 0.667 bits per heavy atom. The molecule has 0 aliphatic heterocycles. The lowest BCUT2D eigenvalue weighted by molar-refractivity contribution is -0.124. The van der Waals surface area contributed by atoms with Gasteiger partial charge < -0.3 is 9.47 Å². The molecule has 0 N–H and O–H groups in total. The van der Waals surface area contributed by atoms with Crippen molar-refractivity contribution in [3.8, 4) is 0 Å². The Labute approximate surface area is 109 Å². The molecule has 5 aliphatic rings. The Morgan fingerprint density at radius 3 is 1.28 bits per heavy atom. The second-order valence-electron chi connectivity index (χ2n) is 7.92. The fraction of sp³-hybridized carbons (Fsp3) is 1.00. The van der Waals surface area contributed by atoms with Gasteiger partial charge in [0.25, 0.3) is 0 Å². The van der Waals surface area contributed by atoms with Gasteiger partial charge in [-0.25, -0.2) is 0 Å². The molecule has 5 fully saturated rings. The van der Waals surface area contributed by atoms with Crippen LogP contribution in [0, 0.1) is 21.7 Å². The van der Waals surface area contributed by atoms with Gasteiger partial charge in [0.2, 0.25) is 0 Å².